The number of ether oxygens (including phenoxy) is 1. The molecule has 0 saturated carbocycles. The van der Waals surface area contributed by atoms with Gasteiger partial charge >= 0.3 is 13.9 Å². The number of rotatable bonds is 15. The first-order valence-corrected chi connectivity index (χ1v) is 23.9. The molecule has 1 heterocycles. The van der Waals surface area contributed by atoms with Crippen LogP contribution in [0, 0.1) is 0 Å². The third-order valence-electron chi connectivity index (χ3n) is 6.22. The third-order valence-corrected chi connectivity index (χ3v) is 11.9. The van der Waals surface area contributed by atoms with Crippen molar-refractivity contribution in [1.82, 2.24) is 4.98 Å². The Morgan fingerprint density at radius 2 is 1.52 bits per heavy atom. The minimum absolute atomic E-state index is 0.0874. The summed E-state index contributed by atoms with van der Waals surface area (Å²) in [7, 11) is -7.01. The van der Waals surface area contributed by atoms with E-state index >= 15 is 0 Å². The molecule has 0 saturated heterocycles. The Morgan fingerprint density at radius 3 is 2.14 bits per heavy atom. The second-order valence-electron chi connectivity index (χ2n) is 12.5. The molecule has 1 amide bonds. The van der Waals surface area contributed by atoms with Crippen molar-refractivity contribution < 1.29 is 27.7 Å². The van der Waals surface area contributed by atoms with Gasteiger partial charge in [0.25, 0.3) is 0 Å². The highest BCUT2D eigenvalue weighted by atomic mass is 35.5. The number of aromatic nitrogens is 1. The van der Waals surface area contributed by atoms with Gasteiger partial charge in [-0.3, -0.25) is 19.3 Å². The predicted octanol–water partition coefficient (Wildman–Crippen LogP) is 10.5. The fourth-order valence-electron chi connectivity index (χ4n) is 3.61. The number of carbonyl (C=O) groups is 1. The van der Waals surface area contributed by atoms with E-state index in [0.29, 0.717) is 11.4 Å². The molecule has 0 atom stereocenters. The molecule has 0 aliphatic rings. The third kappa shape index (κ3) is 12.5. The van der Waals surface area contributed by atoms with Crippen molar-refractivity contribution in [3.63, 3.8) is 0 Å². The van der Waals surface area contributed by atoms with Gasteiger partial charge in [-0.05, 0) is 48.0 Å². The number of anilines is 1. The number of amides is 1. The van der Waals surface area contributed by atoms with Crippen LogP contribution in [0.3, 0.4) is 0 Å². The van der Waals surface area contributed by atoms with Crippen molar-refractivity contribution in [2.45, 2.75) is 58.0 Å². The van der Waals surface area contributed by atoms with Gasteiger partial charge in [0.05, 0.1) is 40.2 Å². The first-order chi connectivity index (χ1) is 20.6. The fourth-order valence-corrected chi connectivity index (χ4v) is 6.99. The molecule has 0 spiro atoms. The number of pyridine rings is 1. The van der Waals surface area contributed by atoms with E-state index in [4.69, 9.17) is 41.5 Å². The molecule has 0 fully saturated rings. The van der Waals surface area contributed by atoms with Crippen LogP contribution in [0.2, 0.25) is 61.4 Å². The molecule has 0 radical (unpaired) electrons. The first-order valence-electron chi connectivity index (χ1n) is 14.3. The molecule has 1 aromatic heterocycles. The standard InChI is InChI=1S/C31H41Cl2N2O6PSi2/c1-43(2,3)21-19-39-42(37,40-20-22-44(4,5)6)41-29-17-15-26(32)30(33)25(29)23-38-31(36)35-28-13-10-18-34-27(28)16-14-24-11-8-7-9-12-24/h7-18H,19-23H2,1-6H3,(H,35,36). The highest BCUT2D eigenvalue weighted by molar-refractivity contribution is 7.49. The van der Waals surface area contributed by atoms with E-state index in [1.54, 1.807) is 24.4 Å². The number of phosphoric acid groups is 1. The Kier molecular flexibility index (Phi) is 13.3. The lowest BCUT2D eigenvalue weighted by atomic mass is 10.2. The zero-order valence-corrected chi connectivity index (χ0v) is 30.5. The highest BCUT2D eigenvalue weighted by Crippen LogP contribution is 2.52. The predicted molar refractivity (Wildman–Crippen MR) is 186 cm³/mol. The summed E-state index contributed by atoms with van der Waals surface area (Å²) in [5, 5.41) is 3.03. The van der Waals surface area contributed by atoms with Crippen molar-refractivity contribution in [2.24, 2.45) is 0 Å². The van der Waals surface area contributed by atoms with E-state index in [1.807, 2.05) is 36.4 Å². The smallest absolute Gasteiger partial charge is 0.444 e. The Morgan fingerprint density at radius 1 is 0.886 bits per heavy atom. The molecule has 0 unspecified atom stereocenters. The van der Waals surface area contributed by atoms with E-state index in [2.05, 4.69) is 49.6 Å². The molecule has 0 aliphatic carbocycles. The van der Waals surface area contributed by atoms with E-state index in [1.165, 1.54) is 12.1 Å². The van der Waals surface area contributed by atoms with Crippen molar-refractivity contribution in [1.29, 1.82) is 0 Å². The summed E-state index contributed by atoms with van der Waals surface area (Å²) in [4.78, 5) is 17.2. The quantitative estimate of drug-likeness (QED) is 0.125. The maximum absolute atomic E-state index is 13.8. The summed E-state index contributed by atoms with van der Waals surface area (Å²) in [6.07, 6.45) is 4.57. The molecule has 44 heavy (non-hydrogen) atoms. The minimum atomic E-state index is -4.05. The Balaban J connectivity index is 1.76. The van der Waals surface area contributed by atoms with Gasteiger partial charge in [-0.2, -0.15) is 0 Å². The summed E-state index contributed by atoms with van der Waals surface area (Å²) in [6, 6.07) is 17.7. The van der Waals surface area contributed by atoms with Crippen LogP contribution in [-0.2, 0) is 25.0 Å². The van der Waals surface area contributed by atoms with Crippen LogP contribution in [-0.4, -0.2) is 40.4 Å². The molecule has 1 N–H and O–H groups in total. The van der Waals surface area contributed by atoms with Gasteiger partial charge in [0.1, 0.15) is 12.4 Å². The molecule has 13 heteroatoms. The van der Waals surface area contributed by atoms with E-state index < -0.39 is 30.1 Å². The fraction of sp³-hybridized carbons (Fsp3) is 0.355. The van der Waals surface area contributed by atoms with Crippen LogP contribution in [0.5, 0.6) is 5.75 Å². The molecule has 3 rings (SSSR count). The lowest BCUT2D eigenvalue weighted by molar-refractivity contribution is 0.151. The average molecular weight is 696 g/mol. The molecule has 238 valence electrons. The molecular formula is C31H41Cl2N2O6PSi2. The maximum atomic E-state index is 13.8. The van der Waals surface area contributed by atoms with Crippen LogP contribution in [0.15, 0.2) is 60.8 Å². The molecule has 8 nitrogen and oxygen atoms in total. The zero-order chi connectivity index (χ0) is 32.4. The zero-order valence-electron chi connectivity index (χ0n) is 26.1. The summed E-state index contributed by atoms with van der Waals surface area (Å²) in [6.45, 7) is 13.3. The van der Waals surface area contributed by atoms with Gasteiger partial charge in [-0.15, -0.1) is 0 Å². The van der Waals surface area contributed by atoms with E-state index in [9.17, 15) is 9.36 Å². The second-order valence-corrected chi connectivity index (χ2v) is 26.2. The lowest BCUT2D eigenvalue weighted by Crippen LogP contribution is -2.23. The van der Waals surface area contributed by atoms with E-state index in [-0.39, 0.29) is 41.2 Å². The summed E-state index contributed by atoms with van der Waals surface area (Å²) in [5.41, 5.74) is 2.22. The normalized spacial score (nSPS) is 12.4. The Bertz CT molecular complexity index is 1460. The van der Waals surface area contributed by atoms with Crippen molar-refractivity contribution in [3.8, 4) is 5.75 Å². The largest absolute Gasteiger partial charge is 0.530 e. The van der Waals surface area contributed by atoms with Crippen LogP contribution < -0.4 is 9.84 Å². The summed E-state index contributed by atoms with van der Waals surface area (Å²) < 4.78 is 36.8. The number of hydrogen-bond acceptors (Lipinski definition) is 7. The first kappa shape index (κ1) is 36.0. The SMILES string of the molecule is C[Si](C)(C)CCOP(=O)(OCC[Si](C)(C)C)Oc1ccc(Cl)c(Cl)c1COC(=O)Nc1cccnc1C=Cc1ccccc1. The van der Waals surface area contributed by atoms with Crippen LogP contribution in [0.4, 0.5) is 10.5 Å². The number of hydrogen-bond donors (Lipinski definition) is 1. The minimum Gasteiger partial charge on any atom is -0.444 e. The molecular weight excluding hydrogens is 654 g/mol. The maximum Gasteiger partial charge on any atom is 0.530 e. The van der Waals surface area contributed by atoms with Crippen molar-refractivity contribution in [3.05, 3.63) is 87.7 Å². The van der Waals surface area contributed by atoms with Gasteiger partial charge in [-0.1, -0.05) is 98.9 Å². The number of carbonyl (C=O) groups excluding carboxylic acids is 1. The summed E-state index contributed by atoms with van der Waals surface area (Å²) >= 11 is 12.8. The van der Waals surface area contributed by atoms with Gasteiger partial charge in [0.15, 0.2) is 0 Å². The van der Waals surface area contributed by atoms with Gasteiger partial charge in [-0.25, -0.2) is 9.36 Å². The number of benzene rings is 2. The number of nitrogens with one attached hydrogen (secondary N) is 1. The van der Waals surface area contributed by atoms with Crippen molar-refractivity contribution in [2.75, 3.05) is 18.5 Å². The van der Waals surface area contributed by atoms with Crippen molar-refractivity contribution >= 4 is 71.1 Å². The Hall–Kier alpha value is -2.44. The Labute approximate surface area is 272 Å². The molecule has 0 bridgehead atoms. The monoisotopic (exact) mass is 694 g/mol. The topological polar surface area (TPSA) is 96.0 Å². The number of halogens is 2. The van der Waals surface area contributed by atoms with Gasteiger partial charge in [0, 0.05) is 22.3 Å². The van der Waals surface area contributed by atoms with E-state index in [0.717, 1.165) is 17.7 Å². The average Bonchev–Trinajstić information content (AvgIpc) is 2.93. The van der Waals surface area contributed by atoms with Crippen LogP contribution in [0.25, 0.3) is 12.2 Å². The second kappa shape index (κ2) is 16.2. The highest BCUT2D eigenvalue weighted by Gasteiger charge is 2.32. The lowest BCUT2D eigenvalue weighted by Gasteiger charge is -2.24. The van der Waals surface area contributed by atoms with Gasteiger partial charge < -0.3 is 9.26 Å². The van der Waals surface area contributed by atoms with Gasteiger partial charge in [0.2, 0.25) is 0 Å². The van der Waals surface area contributed by atoms with Crippen LogP contribution in [0.1, 0.15) is 16.8 Å². The number of nitrogens with zero attached hydrogens (tertiary/aromatic N) is 1. The molecule has 2 aromatic carbocycles. The molecule has 0 aliphatic heterocycles. The summed E-state index contributed by atoms with van der Waals surface area (Å²) in [5.74, 6) is 0.0874. The van der Waals surface area contributed by atoms with Crippen LogP contribution >= 0.6 is 31.0 Å². The number of phosphoric ester groups is 1. The molecule has 3 aromatic rings.